The van der Waals surface area contributed by atoms with Crippen molar-refractivity contribution in [3.8, 4) is 0 Å². The van der Waals surface area contributed by atoms with Crippen molar-refractivity contribution in [2.75, 3.05) is 13.1 Å². The molecule has 1 aliphatic carbocycles. The SMILES string of the molecule is C=C/C=C(\C(=C)P)C(=O)N1CCC2(CC1)NC1=CCCC=C1n1cccc12. The summed E-state index contributed by atoms with van der Waals surface area (Å²) in [4.78, 5) is 14.8. The van der Waals surface area contributed by atoms with Crippen molar-refractivity contribution in [1.82, 2.24) is 14.8 Å². The number of likely N-dealkylation sites (tertiary alicyclic amines) is 1. The minimum Gasteiger partial charge on any atom is -0.372 e. The molecule has 4 nitrogen and oxygen atoms in total. The second-order valence-electron chi connectivity index (χ2n) is 7.39. The van der Waals surface area contributed by atoms with Gasteiger partial charge in [0.2, 0.25) is 0 Å². The molecule has 0 bridgehead atoms. The average molecular weight is 379 g/mol. The largest absolute Gasteiger partial charge is 0.372 e. The van der Waals surface area contributed by atoms with Gasteiger partial charge < -0.3 is 14.8 Å². The summed E-state index contributed by atoms with van der Waals surface area (Å²) in [6.07, 6.45) is 14.1. The number of aromatic nitrogens is 1. The summed E-state index contributed by atoms with van der Waals surface area (Å²) in [5.74, 6) is 0.0356. The van der Waals surface area contributed by atoms with E-state index in [2.05, 4.69) is 62.8 Å². The smallest absolute Gasteiger partial charge is 0.254 e. The standard InChI is InChI=1S/C22H26N3OP/c1-3-7-17(16(2)27)21(26)24-14-11-22(12-15-24)20-10-6-13-25(20)19-9-5-4-8-18(19)23-22/h3,6-10,13,23H,1-2,4-5,11-12,14-15,27H2/b17-7+. The molecule has 27 heavy (non-hydrogen) atoms. The number of hydrogen-bond donors (Lipinski definition) is 1. The molecule has 4 rings (SSSR count). The Morgan fingerprint density at radius 3 is 2.70 bits per heavy atom. The van der Waals surface area contributed by atoms with Gasteiger partial charge in [0.25, 0.3) is 5.91 Å². The summed E-state index contributed by atoms with van der Waals surface area (Å²) >= 11 is 0. The molecule has 0 radical (unpaired) electrons. The molecular weight excluding hydrogens is 353 g/mol. The maximum absolute atomic E-state index is 12.9. The average Bonchev–Trinajstić information content (AvgIpc) is 3.17. The lowest BCUT2D eigenvalue weighted by Gasteiger charge is -2.47. The number of piperidine rings is 1. The van der Waals surface area contributed by atoms with Crippen LogP contribution in [0.5, 0.6) is 0 Å². The van der Waals surface area contributed by atoms with E-state index in [-0.39, 0.29) is 11.4 Å². The van der Waals surface area contributed by atoms with Crippen LogP contribution < -0.4 is 5.32 Å². The highest BCUT2D eigenvalue weighted by Gasteiger charge is 2.43. The predicted molar refractivity (Wildman–Crippen MR) is 114 cm³/mol. The van der Waals surface area contributed by atoms with Crippen molar-refractivity contribution in [2.24, 2.45) is 0 Å². The van der Waals surface area contributed by atoms with Crippen molar-refractivity contribution in [3.63, 3.8) is 0 Å². The van der Waals surface area contributed by atoms with Gasteiger partial charge >= 0.3 is 0 Å². The van der Waals surface area contributed by atoms with Gasteiger partial charge in [0.1, 0.15) is 0 Å². The zero-order valence-corrected chi connectivity index (χ0v) is 16.7. The van der Waals surface area contributed by atoms with Crippen LogP contribution in [0, 0.1) is 0 Å². The minimum atomic E-state index is -0.110. The lowest BCUT2D eigenvalue weighted by molar-refractivity contribution is -0.128. The van der Waals surface area contributed by atoms with Crippen LogP contribution in [0.1, 0.15) is 31.4 Å². The van der Waals surface area contributed by atoms with E-state index in [0.717, 1.165) is 38.8 Å². The predicted octanol–water partition coefficient (Wildman–Crippen LogP) is 3.93. The minimum absolute atomic E-state index is 0.0356. The first-order valence-electron chi connectivity index (χ1n) is 9.49. The van der Waals surface area contributed by atoms with Crippen LogP contribution in [0.15, 0.2) is 72.4 Å². The number of allylic oxidation sites excluding steroid dienone is 5. The third-order valence-corrected chi connectivity index (χ3v) is 6.08. The van der Waals surface area contributed by atoms with Crippen LogP contribution in [-0.4, -0.2) is 28.5 Å². The van der Waals surface area contributed by atoms with Gasteiger partial charge in [0.15, 0.2) is 0 Å². The third kappa shape index (κ3) is 3.02. The van der Waals surface area contributed by atoms with Crippen LogP contribution in [0.3, 0.4) is 0 Å². The van der Waals surface area contributed by atoms with E-state index in [1.54, 1.807) is 12.2 Å². The Labute approximate surface area is 163 Å². The quantitative estimate of drug-likeness (QED) is 0.491. The fourth-order valence-corrected chi connectivity index (χ4v) is 4.60. The maximum atomic E-state index is 12.9. The molecule has 1 amide bonds. The second kappa shape index (κ2) is 7.01. The van der Waals surface area contributed by atoms with Crippen LogP contribution >= 0.6 is 9.24 Å². The van der Waals surface area contributed by atoms with Crippen molar-refractivity contribution in [3.05, 3.63) is 78.1 Å². The molecule has 1 aromatic heterocycles. The summed E-state index contributed by atoms with van der Waals surface area (Å²) < 4.78 is 2.33. The van der Waals surface area contributed by atoms with E-state index in [0.29, 0.717) is 10.9 Å². The van der Waals surface area contributed by atoms with Crippen LogP contribution in [0.25, 0.3) is 5.70 Å². The van der Waals surface area contributed by atoms with E-state index in [1.165, 1.54) is 17.1 Å². The first kappa shape index (κ1) is 18.1. The topological polar surface area (TPSA) is 37.3 Å². The molecule has 0 saturated carbocycles. The normalized spacial score (nSPS) is 20.8. The Bertz CT molecular complexity index is 894. The molecule has 1 N–H and O–H groups in total. The Hall–Kier alpha value is -2.32. The molecule has 1 unspecified atom stereocenters. The fraction of sp³-hybridized carbons (Fsp3) is 0.318. The summed E-state index contributed by atoms with van der Waals surface area (Å²) in [6, 6.07) is 4.34. The number of nitrogens with zero attached hydrogens (tertiary/aromatic N) is 2. The zero-order chi connectivity index (χ0) is 19.0. The molecule has 3 aliphatic rings. The molecule has 1 atom stereocenters. The molecule has 1 fully saturated rings. The van der Waals surface area contributed by atoms with Gasteiger partial charge in [-0.25, -0.2) is 0 Å². The molecule has 1 saturated heterocycles. The molecular formula is C22H26N3OP. The highest BCUT2D eigenvalue weighted by atomic mass is 31.0. The van der Waals surface area contributed by atoms with Crippen LogP contribution in [-0.2, 0) is 10.3 Å². The Kier molecular flexibility index (Phi) is 4.69. The zero-order valence-electron chi connectivity index (χ0n) is 15.6. The van der Waals surface area contributed by atoms with Gasteiger partial charge in [-0.3, -0.25) is 4.79 Å². The van der Waals surface area contributed by atoms with Gasteiger partial charge in [-0.1, -0.05) is 31.4 Å². The number of amides is 1. The van der Waals surface area contributed by atoms with E-state index < -0.39 is 0 Å². The molecule has 2 aliphatic heterocycles. The van der Waals surface area contributed by atoms with Crippen molar-refractivity contribution in [2.45, 2.75) is 31.2 Å². The molecule has 5 heteroatoms. The van der Waals surface area contributed by atoms with Gasteiger partial charge in [0, 0.05) is 30.6 Å². The third-order valence-electron chi connectivity index (χ3n) is 5.77. The number of fused-ring (bicyclic) bond motifs is 4. The Morgan fingerprint density at radius 2 is 2.00 bits per heavy atom. The van der Waals surface area contributed by atoms with Crippen molar-refractivity contribution >= 4 is 20.8 Å². The monoisotopic (exact) mass is 379 g/mol. The molecule has 0 aromatic carbocycles. The van der Waals surface area contributed by atoms with Crippen molar-refractivity contribution < 1.29 is 4.79 Å². The lowest BCUT2D eigenvalue weighted by atomic mass is 9.81. The summed E-state index contributed by atoms with van der Waals surface area (Å²) in [6.45, 7) is 9.06. The first-order valence-corrected chi connectivity index (χ1v) is 10.1. The van der Waals surface area contributed by atoms with E-state index in [9.17, 15) is 4.79 Å². The maximum Gasteiger partial charge on any atom is 0.254 e. The highest BCUT2D eigenvalue weighted by Crippen LogP contribution is 2.42. The van der Waals surface area contributed by atoms with E-state index >= 15 is 0 Å². The van der Waals surface area contributed by atoms with Gasteiger partial charge in [-0.05, 0) is 49.2 Å². The lowest BCUT2D eigenvalue weighted by Crippen LogP contribution is -2.55. The van der Waals surface area contributed by atoms with E-state index in [1.807, 2.05) is 4.90 Å². The van der Waals surface area contributed by atoms with Gasteiger partial charge in [-0.15, -0.1) is 9.24 Å². The summed E-state index contributed by atoms with van der Waals surface area (Å²) in [5, 5.41) is 4.53. The molecule has 140 valence electrons. The van der Waals surface area contributed by atoms with E-state index in [4.69, 9.17) is 0 Å². The fourth-order valence-electron chi connectivity index (χ4n) is 4.38. The number of nitrogens with one attached hydrogen (secondary N) is 1. The van der Waals surface area contributed by atoms with Gasteiger partial charge in [-0.2, -0.15) is 0 Å². The van der Waals surface area contributed by atoms with Crippen LogP contribution in [0.2, 0.25) is 0 Å². The molecule has 1 spiro atoms. The van der Waals surface area contributed by atoms with Crippen LogP contribution in [0.4, 0.5) is 0 Å². The molecule has 3 heterocycles. The number of rotatable bonds is 3. The van der Waals surface area contributed by atoms with Crippen molar-refractivity contribution in [1.29, 1.82) is 0 Å². The number of hydrogen-bond acceptors (Lipinski definition) is 2. The highest BCUT2D eigenvalue weighted by molar-refractivity contribution is 7.23. The summed E-state index contributed by atoms with van der Waals surface area (Å²) in [7, 11) is 2.53. The first-order chi connectivity index (χ1) is 13.1. The summed E-state index contributed by atoms with van der Waals surface area (Å²) in [5.41, 5.74) is 4.31. The van der Waals surface area contributed by atoms with Gasteiger partial charge in [0.05, 0.1) is 16.9 Å². The second-order valence-corrected chi connectivity index (χ2v) is 8.09. The molecule has 1 aromatic rings. The number of carbonyl (C=O) groups is 1. The number of carbonyl (C=O) groups excluding carboxylic acids is 1. The Balaban J connectivity index is 1.59. The Morgan fingerprint density at radius 1 is 1.26 bits per heavy atom.